The van der Waals surface area contributed by atoms with Crippen LogP contribution in [0, 0.1) is 11.3 Å². The summed E-state index contributed by atoms with van der Waals surface area (Å²) >= 11 is 0. The van der Waals surface area contributed by atoms with Crippen LogP contribution in [0.3, 0.4) is 0 Å². The number of hydrogen-bond donors (Lipinski definition) is 9. The Hall–Kier alpha value is -4.55. The lowest BCUT2D eigenvalue weighted by Crippen LogP contribution is -2.54. The quantitative estimate of drug-likeness (QED) is 0.282. The molecule has 0 saturated heterocycles. The largest absolute Gasteiger partial charge is 0.508 e. The van der Waals surface area contributed by atoms with Crippen molar-refractivity contribution in [1.82, 2.24) is 0 Å². The summed E-state index contributed by atoms with van der Waals surface area (Å²) in [6, 6.07) is 3.47. The number of allylic oxidation sites excluding steroid dienone is 1. The highest BCUT2D eigenvalue weighted by Gasteiger charge is 2.65. The van der Waals surface area contributed by atoms with Crippen LogP contribution in [0.2, 0.25) is 0 Å². The third-order valence-electron chi connectivity index (χ3n) is 6.25. The summed E-state index contributed by atoms with van der Waals surface area (Å²) in [6.07, 6.45) is -5.66. The van der Waals surface area contributed by atoms with Crippen molar-refractivity contribution < 1.29 is 64.3 Å². The first-order valence-corrected chi connectivity index (χ1v) is 9.87. The number of aliphatic carboxylic acids is 1. The number of halogens is 2. The van der Waals surface area contributed by atoms with Crippen LogP contribution in [0.1, 0.15) is 17.2 Å². The van der Waals surface area contributed by atoms with Crippen molar-refractivity contribution in [3.63, 3.8) is 0 Å². The second-order valence-corrected chi connectivity index (χ2v) is 8.13. The van der Waals surface area contributed by atoms with Gasteiger partial charge in [-0.3, -0.25) is 4.79 Å². The van der Waals surface area contributed by atoms with Gasteiger partial charge in [-0.15, -0.1) is 0 Å². The van der Waals surface area contributed by atoms with Gasteiger partial charge in [-0.25, -0.2) is 8.78 Å². The molecule has 0 saturated carbocycles. The Balaban J connectivity index is 2.03. The molecule has 0 radical (unpaired) electrons. The lowest BCUT2D eigenvalue weighted by atomic mass is 9.62. The van der Waals surface area contributed by atoms with E-state index in [-0.39, 0.29) is 16.9 Å². The van der Waals surface area contributed by atoms with E-state index in [0.717, 1.165) is 24.3 Å². The van der Waals surface area contributed by atoms with Gasteiger partial charge in [0.1, 0.15) is 23.4 Å². The average Bonchev–Trinajstić information content (AvgIpc) is 2.79. The number of carboxylic acid groups (broad SMARTS) is 1. The van der Waals surface area contributed by atoms with Gasteiger partial charge in [0.05, 0.1) is 0 Å². The summed E-state index contributed by atoms with van der Waals surface area (Å²) in [7, 11) is 0. The monoisotopic (exact) mass is 496 g/mol. The van der Waals surface area contributed by atoms with E-state index in [4.69, 9.17) is 4.74 Å². The molecule has 9 N–H and O–H groups in total. The molecule has 0 aromatic heterocycles. The zero-order valence-electron chi connectivity index (χ0n) is 17.3. The topological polar surface area (TPSA) is 208 Å². The minimum atomic E-state index is -3.45. The van der Waals surface area contributed by atoms with E-state index in [2.05, 4.69) is 0 Å². The number of phenols is 5. The smallest absolute Gasteiger partial charge is 0.320 e. The van der Waals surface area contributed by atoms with Crippen LogP contribution in [0.25, 0.3) is 0 Å². The van der Waals surface area contributed by atoms with E-state index in [1.54, 1.807) is 0 Å². The Bertz CT molecular complexity index is 1300. The summed E-state index contributed by atoms with van der Waals surface area (Å²) in [4.78, 5) is 12.5. The Morgan fingerprint density at radius 3 is 2.09 bits per heavy atom. The molecule has 2 aliphatic rings. The second kappa shape index (κ2) is 7.75. The molecule has 2 aromatic carbocycles. The van der Waals surface area contributed by atoms with E-state index >= 15 is 8.78 Å². The first-order chi connectivity index (χ1) is 16.3. The van der Waals surface area contributed by atoms with E-state index in [1.165, 1.54) is 0 Å². The molecule has 0 spiro atoms. The molecular formula is C22H18F2O11. The van der Waals surface area contributed by atoms with Crippen molar-refractivity contribution in [3.05, 3.63) is 58.5 Å². The minimum absolute atomic E-state index is 0.199. The Labute approximate surface area is 194 Å². The van der Waals surface area contributed by atoms with Crippen LogP contribution in [-0.4, -0.2) is 58.1 Å². The van der Waals surface area contributed by atoms with Crippen LogP contribution in [0.15, 0.2) is 47.4 Å². The lowest BCUT2D eigenvalue weighted by molar-refractivity contribution is -0.161. The van der Waals surface area contributed by atoms with E-state index in [0.29, 0.717) is 0 Å². The molecule has 0 bridgehead atoms. The fourth-order valence-corrected chi connectivity index (χ4v) is 4.54. The first-order valence-electron chi connectivity index (χ1n) is 9.87. The number of alkyl halides is 1. The number of carboxylic acids is 1. The van der Waals surface area contributed by atoms with E-state index in [9.17, 15) is 50.8 Å². The molecule has 4 atom stereocenters. The maximum absolute atomic E-state index is 15.5. The normalized spacial score (nSPS) is 26.3. The van der Waals surface area contributed by atoms with Crippen LogP contribution in [-0.2, 0) is 11.2 Å². The molecule has 4 rings (SSSR count). The number of aliphatic hydroxyl groups excluding tert-OH is 3. The molecule has 1 heterocycles. The zero-order valence-corrected chi connectivity index (χ0v) is 17.3. The van der Waals surface area contributed by atoms with Gasteiger partial charge in [-0.1, -0.05) is 0 Å². The number of rotatable bonds is 3. The molecule has 13 heteroatoms. The Morgan fingerprint density at radius 1 is 0.914 bits per heavy atom. The predicted molar refractivity (Wildman–Crippen MR) is 110 cm³/mol. The van der Waals surface area contributed by atoms with E-state index in [1.807, 2.05) is 0 Å². The van der Waals surface area contributed by atoms with Crippen molar-refractivity contribution in [3.8, 4) is 34.5 Å². The average molecular weight is 496 g/mol. The number of aliphatic hydroxyl groups is 3. The van der Waals surface area contributed by atoms with Gasteiger partial charge in [0.15, 0.2) is 46.2 Å². The SMILES string of the molecule is O=C(O)[C@@]1(C2Cc3c(O)cc(O)cc3OC2c2cc(O)c(O)c(O)c2)C(F)=C(O)C(O)=C(O)C1F. The van der Waals surface area contributed by atoms with Gasteiger partial charge in [0.2, 0.25) is 5.76 Å². The number of ether oxygens (including phenoxy) is 1. The zero-order chi connectivity index (χ0) is 26.0. The molecule has 3 unspecified atom stereocenters. The molecule has 2 aromatic rings. The third kappa shape index (κ3) is 3.19. The highest BCUT2D eigenvalue weighted by Crippen LogP contribution is 2.58. The number of benzene rings is 2. The summed E-state index contributed by atoms with van der Waals surface area (Å²) < 4.78 is 36.7. The van der Waals surface area contributed by atoms with Crippen LogP contribution < -0.4 is 4.74 Å². The molecule has 1 aliphatic heterocycles. The van der Waals surface area contributed by atoms with Crippen LogP contribution in [0.4, 0.5) is 8.78 Å². The number of carbonyl (C=O) groups is 1. The summed E-state index contributed by atoms with van der Waals surface area (Å²) in [5, 5.41) is 89.4. The molecule has 0 fully saturated rings. The minimum Gasteiger partial charge on any atom is -0.508 e. The van der Waals surface area contributed by atoms with Gasteiger partial charge in [0.25, 0.3) is 0 Å². The molecule has 35 heavy (non-hydrogen) atoms. The highest BCUT2D eigenvalue weighted by molar-refractivity contribution is 5.82. The van der Waals surface area contributed by atoms with Gasteiger partial charge in [0, 0.05) is 29.2 Å². The molecule has 0 amide bonds. The van der Waals surface area contributed by atoms with Crippen molar-refractivity contribution >= 4 is 5.97 Å². The van der Waals surface area contributed by atoms with Gasteiger partial charge in [-0.2, -0.15) is 0 Å². The number of hydrogen-bond acceptors (Lipinski definition) is 10. The number of fused-ring (bicyclic) bond motifs is 1. The first kappa shape index (κ1) is 23.6. The maximum Gasteiger partial charge on any atom is 0.320 e. The molecule has 1 aliphatic carbocycles. The highest BCUT2D eigenvalue weighted by atomic mass is 19.1. The van der Waals surface area contributed by atoms with Gasteiger partial charge >= 0.3 is 5.97 Å². The molecule has 11 nitrogen and oxygen atoms in total. The third-order valence-corrected chi connectivity index (χ3v) is 6.25. The van der Waals surface area contributed by atoms with E-state index < -0.39 is 87.9 Å². The maximum atomic E-state index is 15.5. The van der Waals surface area contributed by atoms with Crippen molar-refractivity contribution in [2.75, 3.05) is 0 Å². The van der Waals surface area contributed by atoms with Crippen LogP contribution >= 0.6 is 0 Å². The summed E-state index contributed by atoms with van der Waals surface area (Å²) in [5.74, 6) is -15.5. The van der Waals surface area contributed by atoms with Crippen molar-refractivity contribution in [2.24, 2.45) is 11.3 Å². The number of phenolic OH excluding ortho intramolecular Hbond substituents is 5. The fraction of sp³-hybridized carbons (Fsp3) is 0.227. The van der Waals surface area contributed by atoms with Crippen molar-refractivity contribution in [1.29, 1.82) is 0 Å². The van der Waals surface area contributed by atoms with Gasteiger partial charge < -0.3 is 50.7 Å². The summed E-state index contributed by atoms with van der Waals surface area (Å²) in [5.41, 5.74) is -3.96. The van der Waals surface area contributed by atoms with Gasteiger partial charge in [-0.05, 0) is 18.6 Å². The Morgan fingerprint density at radius 2 is 1.51 bits per heavy atom. The Kier molecular flexibility index (Phi) is 5.23. The van der Waals surface area contributed by atoms with Crippen molar-refractivity contribution in [2.45, 2.75) is 18.7 Å². The summed E-state index contributed by atoms with van der Waals surface area (Å²) in [6.45, 7) is 0. The predicted octanol–water partition coefficient (Wildman–Crippen LogP) is 3.00. The second-order valence-electron chi connectivity index (χ2n) is 8.13. The number of aromatic hydroxyl groups is 5. The fourth-order valence-electron chi connectivity index (χ4n) is 4.54. The van der Waals surface area contributed by atoms with Crippen LogP contribution in [0.5, 0.6) is 34.5 Å². The standard InChI is InChI=1S/C22H18F2O11/c23-19-16(31)15(30)17(32)20(24)22(19,21(33)34)9-5-8-10(26)3-7(25)4-13(8)35-18(9)6-1-11(27)14(29)12(28)2-6/h1-4,9,18-19,25-32H,5H2,(H,33,34)/t9?,18?,19?,22-/m1/s1. The molecule has 186 valence electrons. The molecular weight excluding hydrogens is 478 g/mol. The lowest BCUT2D eigenvalue weighted by Gasteiger charge is -2.45.